The summed E-state index contributed by atoms with van der Waals surface area (Å²) in [6.45, 7) is 8.06. The van der Waals surface area contributed by atoms with Gasteiger partial charge in [0.2, 0.25) is 11.7 Å². The maximum absolute atomic E-state index is 12.9. The molecule has 1 saturated heterocycles. The Morgan fingerprint density at radius 2 is 1.93 bits per heavy atom. The number of amides is 1. The Hall–Kier alpha value is -3.09. The van der Waals surface area contributed by atoms with Gasteiger partial charge >= 0.3 is 5.97 Å². The maximum atomic E-state index is 12.9. The summed E-state index contributed by atoms with van der Waals surface area (Å²) in [7, 11) is 0. The standard InChI is InChI=1S/C22H27N3O4/c1-5-29-22(28)19-13(2)20(24-14(19)3)21(27)15(4)23-16-8-10-17(11-9-16)25-12-6-7-18(25)26/h8-11,15,23-24H,5-7,12H2,1-4H3/t15-/m1/s1. The van der Waals surface area contributed by atoms with Crippen LogP contribution >= 0.6 is 0 Å². The van der Waals surface area contributed by atoms with E-state index >= 15 is 0 Å². The molecule has 2 heterocycles. The molecule has 154 valence electrons. The van der Waals surface area contributed by atoms with E-state index in [4.69, 9.17) is 4.74 Å². The summed E-state index contributed by atoms with van der Waals surface area (Å²) in [6.07, 6.45) is 1.47. The van der Waals surface area contributed by atoms with Crippen LogP contribution in [0.5, 0.6) is 0 Å². The highest BCUT2D eigenvalue weighted by Crippen LogP contribution is 2.24. The number of aryl methyl sites for hydroxylation is 1. The van der Waals surface area contributed by atoms with Gasteiger partial charge in [-0.3, -0.25) is 9.59 Å². The van der Waals surface area contributed by atoms with Crippen LogP contribution in [-0.4, -0.2) is 41.8 Å². The molecule has 7 heteroatoms. The van der Waals surface area contributed by atoms with Gasteiger partial charge in [-0.2, -0.15) is 0 Å². The normalized spacial score (nSPS) is 14.8. The van der Waals surface area contributed by atoms with Gasteiger partial charge < -0.3 is 19.9 Å². The lowest BCUT2D eigenvalue weighted by atomic mass is 10.0. The number of anilines is 2. The fraction of sp³-hybridized carbons (Fsp3) is 0.409. The minimum Gasteiger partial charge on any atom is -0.462 e. The van der Waals surface area contributed by atoms with Crippen molar-refractivity contribution in [2.24, 2.45) is 0 Å². The monoisotopic (exact) mass is 397 g/mol. The van der Waals surface area contributed by atoms with E-state index < -0.39 is 12.0 Å². The number of aromatic amines is 1. The molecule has 0 radical (unpaired) electrons. The van der Waals surface area contributed by atoms with Crippen molar-refractivity contribution in [2.75, 3.05) is 23.4 Å². The summed E-state index contributed by atoms with van der Waals surface area (Å²) < 4.78 is 5.09. The first-order chi connectivity index (χ1) is 13.8. The van der Waals surface area contributed by atoms with Crippen LogP contribution in [0.2, 0.25) is 0 Å². The van der Waals surface area contributed by atoms with Crippen LogP contribution in [0.1, 0.15) is 58.8 Å². The molecule has 1 aliphatic rings. The zero-order valence-corrected chi connectivity index (χ0v) is 17.3. The smallest absolute Gasteiger partial charge is 0.340 e. The number of hydrogen-bond acceptors (Lipinski definition) is 5. The van der Waals surface area contributed by atoms with E-state index in [1.54, 1.807) is 32.6 Å². The molecule has 0 bridgehead atoms. The van der Waals surface area contributed by atoms with Gasteiger partial charge in [0.05, 0.1) is 23.9 Å². The third-order valence-electron chi connectivity index (χ3n) is 5.19. The summed E-state index contributed by atoms with van der Waals surface area (Å²) >= 11 is 0. The van der Waals surface area contributed by atoms with Gasteiger partial charge in [-0.1, -0.05) is 0 Å². The Bertz CT molecular complexity index is 930. The number of Topliss-reactive ketones (excluding diaryl/α,β-unsaturated/α-hetero) is 1. The number of H-pyrrole nitrogens is 1. The van der Waals surface area contributed by atoms with Gasteiger partial charge in [0.25, 0.3) is 0 Å². The van der Waals surface area contributed by atoms with Crippen LogP contribution in [0, 0.1) is 13.8 Å². The van der Waals surface area contributed by atoms with Crippen molar-refractivity contribution in [3.63, 3.8) is 0 Å². The Morgan fingerprint density at radius 1 is 1.24 bits per heavy atom. The van der Waals surface area contributed by atoms with Crippen LogP contribution in [0.15, 0.2) is 24.3 Å². The topological polar surface area (TPSA) is 91.5 Å². The number of nitrogens with zero attached hydrogens (tertiary/aromatic N) is 1. The summed E-state index contributed by atoms with van der Waals surface area (Å²) in [5.41, 5.74) is 3.70. The molecule has 1 aromatic heterocycles. The lowest BCUT2D eigenvalue weighted by molar-refractivity contribution is -0.117. The number of rotatable bonds is 7. The van der Waals surface area contributed by atoms with Crippen molar-refractivity contribution in [3.8, 4) is 0 Å². The van der Waals surface area contributed by atoms with Crippen molar-refractivity contribution in [1.29, 1.82) is 0 Å². The number of benzene rings is 1. The van der Waals surface area contributed by atoms with E-state index in [1.165, 1.54) is 0 Å². The third-order valence-corrected chi connectivity index (χ3v) is 5.19. The van der Waals surface area contributed by atoms with Gasteiger partial charge in [0, 0.05) is 30.0 Å². The minimum atomic E-state index is -0.499. The zero-order chi connectivity index (χ0) is 21.1. The van der Waals surface area contributed by atoms with E-state index in [0.29, 0.717) is 28.9 Å². The highest BCUT2D eigenvalue weighted by atomic mass is 16.5. The molecule has 2 aromatic rings. The molecule has 1 amide bonds. The summed E-state index contributed by atoms with van der Waals surface area (Å²) in [5, 5.41) is 3.19. The summed E-state index contributed by atoms with van der Waals surface area (Å²) in [6, 6.07) is 6.99. The summed E-state index contributed by atoms with van der Waals surface area (Å²) in [4.78, 5) is 41.8. The molecule has 0 aliphatic carbocycles. The first-order valence-corrected chi connectivity index (χ1v) is 9.91. The number of esters is 1. The Balaban J connectivity index is 1.72. The maximum Gasteiger partial charge on any atom is 0.340 e. The Morgan fingerprint density at radius 3 is 2.52 bits per heavy atom. The molecule has 29 heavy (non-hydrogen) atoms. The fourth-order valence-corrected chi connectivity index (χ4v) is 3.70. The molecule has 7 nitrogen and oxygen atoms in total. The molecular formula is C22H27N3O4. The number of aromatic nitrogens is 1. The second kappa shape index (κ2) is 8.51. The molecule has 1 atom stereocenters. The zero-order valence-electron chi connectivity index (χ0n) is 17.3. The second-order valence-corrected chi connectivity index (χ2v) is 7.27. The largest absolute Gasteiger partial charge is 0.462 e. The average molecular weight is 397 g/mol. The lowest BCUT2D eigenvalue weighted by Gasteiger charge is -2.18. The van der Waals surface area contributed by atoms with Crippen LogP contribution in [0.4, 0.5) is 11.4 Å². The number of nitrogens with one attached hydrogen (secondary N) is 2. The average Bonchev–Trinajstić information content (AvgIpc) is 3.24. The molecule has 0 saturated carbocycles. The molecule has 1 fully saturated rings. The van der Waals surface area contributed by atoms with Crippen molar-refractivity contribution >= 4 is 29.0 Å². The quantitative estimate of drug-likeness (QED) is 0.550. The van der Waals surface area contributed by atoms with Crippen molar-refractivity contribution in [2.45, 2.75) is 46.6 Å². The van der Waals surface area contributed by atoms with E-state index in [2.05, 4.69) is 10.3 Å². The van der Waals surface area contributed by atoms with Gasteiger partial charge in [-0.15, -0.1) is 0 Å². The molecule has 0 unspecified atom stereocenters. The number of carbonyl (C=O) groups excluding carboxylic acids is 3. The second-order valence-electron chi connectivity index (χ2n) is 7.27. The minimum absolute atomic E-state index is 0.139. The predicted octanol–water partition coefficient (Wildman–Crippen LogP) is 3.62. The number of ketones is 1. The molecule has 1 aromatic carbocycles. The highest BCUT2D eigenvalue weighted by molar-refractivity contribution is 6.04. The summed E-state index contributed by atoms with van der Waals surface area (Å²) in [5.74, 6) is -0.422. The molecule has 0 spiro atoms. The Kier molecular flexibility index (Phi) is 6.06. The van der Waals surface area contributed by atoms with E-state index in [-0.39, 0.29) is 18.3 Å². The molecule has 2 N–H and O–H groups in total. The van der Waals surface area contributed by atoms with Crippen molar-refractivity contribution in [1.82, 2.24) is 4.98 Å². The number of hydrogen-bond donors (Lipinski definition) is 2. The number of carbonyl (C=O) groups is 3. The Labute approximate surface area is 170 Å². The van der Waals surface area contributed by atoms with Gasteiger partial charge in [-0.25, -0.2) is 4.79 Å². The van der Waals surface area contributed by atoms with Crippen molar-refractivity contribution < 1.29 is 19.1 Å². The number of ether oxygens (including phenoxy) is 1. The highest BCUT2D eigenvalue weighted by Gasteiger charge is 2.26. The first kappa shape index (κ1) is 20.6. The predicted molar refractivity (Wildman–Crippen MR) is 112 cm³/mol. The molecule has 3 rings (SSSR count). The van der Waals surface area contributed by atoms with Gasteiger partial charge in [0.1, 0.15) is 0 Å². The van der Waals surface area contributed by atoms with Crippen LogP contribution in [0.25, 0.3) is 0 Å². The van der Waals surface area contributed by atoms with Crippen molar-refractivity contribution in [3.05, 3.63) is 46.8 Å². The van der Waals surface area contributed by atoms with Crippen LogP contribution in [0.3, 0.4) is 0 Å². The van der Waals surface area contributed by atoms with E-state index in [9.17, 15) is 14.4 Å². The van der Waals surface area contributed by atoms with Crippen LogP contribution < -0.4 is 10.2 Å². The van der Waals surface area contributed by atoms with Crippen LogP contribution in [-0.2, 0) is 9.53 Å². The third kappa shape index (κ3) is 4.18. The molecular weight excluding hydrogens is 370 g/mol. The van der Waals surface area contributed by atoms with Gasteiger partial charge in [0.15, 0.2) is 0 Å². The van der Waals surface area contributed by atoms with E-state index in [0.717, 1.165) is 24.3 Å². The van der Waals surface area contributed by atoms with E-state index in [1.807, 2.05) is 24.3 Å². The van der Waals surface area contributed by atoms with Gasteiger partial charge in [-0.05, 0) is 63.9 Å². The fourth-order valence-electron chi connectivity index (χ4n) is 3.70. The SMILES string of the molecule is CCOC(=O)c1c(C)[nH]c(C(=O)[C@@H](C)Nc2ccc(N3CCCC3=O)cc2)c1C. The lowest BCUT2D eigenvalue weighted by Crippen LogP contribution is -2.27. The molecule has 1 aliphatic heterocycles. The first-order valence-electron chi connectivity index (χ1n) is 9.91.